The first-order valence-electron chi connectivity index (χ1n) is 4.87. The van der Waals surface area contributed by atoms with Gasteiger partial charge in [0.2, 0.25) is 0 Å². The average molecular weight is 362 g/mol. The van der Waals surface area contributed by atoms with E-state index in [9.17, 15) is 57.1 Å². The first kappa shape index (κ1) is 19.1. The summed E-state index contributed by atoms with van der Waals surface area (Å²) >= 11 is 0. The number of alkyl halides is 13. The van der Waals surface area contributed by atoms with Crippen LogP contribution in [0.15, 0.2) is 0 Å². The molecular formula is C8H3F13O. The van der Waals surface area contributed by atoms with Crippen LogP contribution in [0.4, 0.5) is 57.1 Å². The Morgan fingerprint density at radius 2 is 0.955 bits per heavy atom. The second-order valence-electron chi connectivity index (χ2n) is 4.41. The van der Waals surface area contributed by atoms with Crippen LogP contribution in [-0.4, -0.2) is 41.6 Å². The summed E-state index contributed by atoms with van der Waals surface area (Å²) in [7, 11) is 0. The largest absolute Gasteiger partial charge is 0.460 e. The summed E-state index contributed by atoms with van der Waals surface area (Å²) in [4.78, 5) is 0. The summed E-state index contributed by atoms with van der Waals surface area (Å²) in [5.74, 6) is -39.9. The van der Waals surface area contributed by atoms with E-state index >= 15 is 0 Å². The standard InChI is InChI=1S/C8H3F13O/c1-2(9)7(18,22-2)5(14,15)3(10,11)4(12,13)6(16,17)8(19,20)21/h1H3. The lowest BCUT2D eigenvalue weighted by Crippen LogP contribution is -2.69. The zero-order valence-corrected chi connectivity index (χ0v) is 9.82. The van der Waals surface area contributed by atoms with Crippen molar-refractivity contribution < 1.29 is 61.8 Å². The number of epoxide rings is 1. The first-order chi connectivity index (χ1) is 9.21. The van der Waals surface area contributed by atoms with Crippen LogP contribution in [-0.2, 0) is 4.74 Å². The molecule has 0 aromatic rings. The SMILES string of the molecule is CC1(F)OC1(F)C(F)(F)C(F)(F)C(F)(F)C(F)(F)C(F)(F)F. The Morgan fingerprint density at radius 1 is 0.636 bits per heavy atom. The molecular weight excluding hydrogens is 359 g/mol. The van der Waals surface area contributed by atoms with E-state index in [1.165, 1.54) is 0 Å². The molecule has 0 aromatic heterocycles. The lowest BCUT2D eigenvalue weighted by molar-refractivity contribution is -0.432. The van der Waals surface area contributed by atoms with Gasteiger partial charge in [-0.3, -0.25) is 4.74 Å². The predicted molar refractivity (Wildman–Crippen MR) is 40.3 cm³/mol. The van der Waals surface area contributed by atoms with Crippen LogP contribution in [0.5, 0.6) is 0 Å². The number of halogens is 13. The molecule has 0 bridgehead atoms. The molecule has 0 aliphatic carbocycles. The van der Waals surface area contributed by atoms with Gasteiger partial charge >= 0.3 is 35.7 Å². The van der Waals surface area contributed by atoms with Crippen LogP contribution in [0.3, 0.4) is 0 Å². The first-order valence-corrected chi connectivity index (χ1v) is 4.87. The molecule has 0 N–H and O–H groups in total. The Balaban J connectivity index is 3.40. The second-order valence-corrected chi connectivity index (χ2v) is 4.41. The topological polar surface area (TPSA) is 12.5 Å². The molecule has 22 heavy (non-hydrogen) atoms. The van der Waals surface area contributed by atoms with Gasteiger partial charge in [-0.1, -0.05) is 0 Å². The van der Waals surface area contributed by atoms with E-state index < -0.39 is 41.6 Å². The fourth-order valence-corrected chi connectivity index (χ4v) is 1.36. The van der Waals surface area contributed by atoms with Gasteiger partial charge in [-0.2, -0.15) is 52.7 Å². The van der Waals surface area contributed by atoms with Crippen molar-refractivity contribution in [2.75, 3.05) is 0 Å². The van der Waals surface area contributed by atoms with Gasteiger partial charge in [0.1, 0.15) is 0 Å². The number of hydrogen-bond acceptors (Lipinski definition) is 1. The van der Waals surface area contributed by atoms with Crippen LogP contribution in [0.1, 0.15) is 6.92 Å². The Hall–Kier alpha value is -0.950. The van der Waals surface area contributed by atoms with Crippen molar-refractivity contribution in [1.29, 1.82) is 0 Å². The van der Waals surface area contributed by atoms with E-state index in [1.54, 1.807) is 0 Å². The van der Waals surface area contributed by atoms with Crippen molar-refractivity contribution in [3.63, 3.8) is 0 Å². The smallest absolute Gasteiger partial charge is 0.294 e. The molecule has 0 amide bonds. The van der Waals surface area contributed by atoms with E-state index in [2.05, 4.69) is 4.74 Å². The third-order valence-electron chi connectivity index (χ3n) is 2.81. The van der Waals surface area contributed by atoms with Crippen molar-refractivity contribution in [2.24, 2.45) is 0 Å². The molecule has 14 heteroatoms. The van der Waals surface area contributed by atoms with E-state index in [4.69, 9.17) is 0 Å². The van der Waals surface area contributed by atoms with Crippen molar-refractivity contribution in [1.82, 2.24) is 0 Å². The van der Waals surface area contributed by atoms with Crippen molar-refractivity contribution >= 4 is 0 Å². The van der Waals surface area contributed by atoms with Gasteiger partial charge in [0, 0.05) is 6.92 Å². The Bertz CT molecular complexity index is 463. The molecule has 1 fully saturated rings. The molecule has 0 radical (unpaired) electrons. The summed E-state index contributed by atoms with van der Waals surface area (Å²) < 4.78 is 166. The maximum absolute atomic E-state index is 13.1. The minimum Gasteiger partial charge on any atom is -0.294 e. The van der Waals surface area contributed by atoms with Crippen molar-refractivity contribution in [2.45, 2.75) is 48.5 Å². The lowest BCUT2D eigenvalue weighted by Gasteiger charge is -2.37. The van der Waals surface area contributed by atoms with Crippen LogP contribution in [0.2, 0.25) is 0 Å². The molecule has 2 atom stereocenters. The molecule has 0 spiro atoms. The highest BCUT2D eigenvalue weighted by Crippen LogP contribution is 2.67. The van der Waals surface area contributed by atoms with E-state index in [0.29, 0.717) is 0 Å². The maximum Gasteiger partial charge on any atom is 0.460 e. The van der Waals surface area contributed by atoms with Crippen LogP contribution in [0, 0.1) is 0 Å². The molecule has 1 rings (SSSR count). The zero-order chi connectivity index (χ0) is 18.2. The third-order valence-corrected chi connectivity index (χ3v) is 2.81. The summed E-state index contributed by atoms with van der Waals surface area (Å²) in [6, 6.07) is 0. The zero-order valence-electron chi connectivity index (χ0n) is 9.82. The quantitative estimate of drug-likeness (QED) is 0.531. The van der Waals surface area contributed by atoms with Gasteiger partial charge in [0.05, 0.1) is 0 Å². The van der Waals surface area contributed by atoms with Crippen LogP contribution < -0.4 is 0 Å². The summed E-state index contributed by atoms with van der Waals surface area (Å²) in [6.45, 7) is -0.281. The monoisotopic (exact) mass is 362 g/mol. The predicted octanol–water partition coefficient (Wildman–Crippen LogP) is 4.47. The maximum atomic E-state index is 13.1. The summed E-state index contributed by atoms with van der Waals surface area (Å²) in [5.41, 5.74) is 0. The molecule has 1 aliphatic heterocycles. The van der Waals surface area contributed by atoms with Gasteiger partial charge in [-0.05, 0) is 0 Å². The number of rotatable bonds is 4. The van der Waals surface area contributed by atoms with Crippen LogP contribution in [0.25, 0.3) is 0 Å². The van der Waals surface area contributed by atoms with E-state index in [-0.39, 0.29) is 6.92 Å². The van der Waals surface area contributed by atoms with E-state index in [0.717, 1.165) is 0 Å². The molecule has 1 aliphatic rings. The normalized spacial score (nSPS) is 31.4. The minimum absolute atomic E-state index is 0.281. The Morgan fingerprint density at radius 3 is 1.18 bits per heavy atom. The fraction of sp³-hybridized carbons (Fsp3) is 1.00. The van der Waals surface area contributed by atoms with Crippen LogP contribution >= 0.6 is 0 Å². The summed E-state index contributed by atoms with van der Waals surface area (Å²) in [5, 5.41) is 0. The fourth-order valence-electron chi connectivity index (χ4n) is 1.36. The average Bonchev–Trinajstić information content (AvgIpc) is 2.77. The molecule has 1 heterocycles. The Kier molecular flexibility index (Phi) is 3.57. The van der Waals surface area contributed by atoms with E-state index in [1.807, 2.05) is 0 Å². The molecule has 0 saturated carbocycles. The lowest BCUT2D eigenvalue weighted by atomic mass is 9.93. The molecule has 1 nitrogen and oxygen atoms in total. The van der Waals surface area contributed by atoms with Gasteiger partial charge in [-0.15, -0.1) is 0 Å². The second kappa shape index (κ2) is 4.12. The molecule has 132 valence electrons. The number of ether oxygens (including phenoxy) is 1. The number of hydrogen-bond donors (Lipinski definition) is 0. The van der Waals surface area contributed by atoms with Crippen molar-refractivity contribution in [3.8, 4) is 0 Å². The van der Waals surface area contributed by atoms with Crippen molar-refractivity contribution in [3.05, 3.63) is 0 Å². The highest BCUT2D eigenvalue weighted by molar-refractivity contribution is 5.18. The molecule has 0 aromatic carbocycles. The molecule has 1 saturated heterocycles. The van der Waals surface area contributed by atoms with Gasteiger partial charge < -0.3 is 0 Å². The highest BCUT2D eigenvalue weighted by atomic mass is 19.4. The van der Waals surface area contributed by atoms with Gasteiger partial charge in [0.25, 0.3) is 5.85 Å². The minimum atomic E-state index is -7.80. The summed E-state index contributed by atoms with van der Waals surface area (Å²) in [6.07, 6.45) is -7.37. The van der Waals surface area contributed by atoms with Gasteiger partial charge in [0.15, 0.2) is 0 Å². The Labute approximate surface area is 112 Å². The third kappa shape index (κ3) is 1.91. The highest BCUT2D eigenvalue weighted by Gasteiger charge is 2.97. The van der Waals surface area contributed by atoms with Gasteiger partial charge in [-0.25, -0.2) is 4.39 Å². The molecule has 2 unspecified atom stereocenters.